The number of nitrogens with one attached hydrogen (secondary N) is 3. The molecule has 136 valence electrons. The van der Waals surface area contributed by atoms with Crippen molar-refractivity contribution in [3.05, 3.63) is 23.5 Å². The lowest BCUT2D eigenvalue weighted by atomic mass is 10.3. The van der Waals surface area contributed by atoms with Gasteiger partial charge in [-0.25, -0.2) is 18.1 Å². The molecule has 3 rings (SSSR count). The van der Waals surface area contributed by atoms with Gasteiger partial charge >= 0.3 is 0 Å². The van der Waals surface area contributed by atoms with Gasteiger partial charge in [-0.15, -0.1) is 24.8 Å². The molecule has 0 aliphatic carbocycles. The highest BCUT2D eigenvalue weighted by Crippen LogP contribution is 2.27. The SMILES string of the molecule is Cl.Cl.O=S(=O)(NCCN1CCNCC1)c1c[nH]c2nccc(Cl)c12. The predicted octanol–water partition coefficient (Wildman–Crippen LogP) is 1.24. The van der Waals surface area contributed by atoms with Gasteiger partial charge < -0.3 is 10.3 Å². The zero-order valence-electron chi connectivity index (χ0n) is 12.8. The Bertz CT molecular complexity index is 762. The van der Waals surface area contributed by atoms with Crippen LogP contribution in [0.25, 0.3) is 11.0 Å². The molecule has 7 nitrogen and oxygen atoms in total. The fraction of sp³-hybridized carbons (Fsp3) is 0.462. The first-order valence-corrected chi connectivity index (χ1v) is 8.98. The van der Waals surface area contributed by atoms with Crippen molar-refractivity contribution in [2.45, 2.75) is 4.90 Å². The molecule has 0 unspecified atom stereocenters. The highest BCUT2D eigenvalue weighted by molar-refractivity contribution is 7.89. The van der Waals surface area contributed by atoms with Gasteiger partial charge in [-0.2, -0.15) is 0 Å². The number of H-pyrrole nitrogens is 1. The monoisotopic (exact) mass is 415 g/mol. The van der Waals surface area contributed by atoms with Crippen LogP contribution in [0.2, 0.25) is 5.02 Å². The van der Waals surface area contributed by atoms with E-state index in [1.807, 2.05) is 0 Å². The van der Waals surface area contributed by atoms with Crippen LogP contribution in [0, 0.1) is 0 Å². The molecule has 3 N–H and O–H groups in total. The number of hydrogen-bond acceptors (Lipinski definition) is 5. The fourth-order valence-corrected chi connectivity index (χ4v) is 4.06. The van der Waals surface area contributed by atoms with E-state index in [4.69, 9.17) is 11.6 Å². The van der Waals surface area contributed by atoms with Gasteiger partial charge in [0.25, 0.3) is 0 Å². The molecule has 2 aromatic heterocycles. The first-order valence-electron chi connectivity index (χ1n) is 7.12. The molecule has 0 saturated carbocycles. The van der Waals surface area contributed by atoms with Gasteiger partial charge in [-0.1, -0.05) is 11.6 Å². The van der Waals surface area contributed by atoms with E-state index in [0.717, 1.165) is 26.2 Å². The van der Waals surface area contributed by atoms with Crippen LogP contribution in [-0.2, 0) is 10.0 Å². The molecule has 1 aliphatic rings. The van der Waals surface area contributed by atoms with Gasteiger partial charge in [0, 0.05) is 51.7 Å². The normalized spacial score (nSPS) is 15.7. The molecule has 0 atom stereocenters. The summed E-state index contributed by atoms with van der Waals surface area (Å²) in [7, 11) is -3.61. The molecule has 2 aromatic rings. The second kappa shape index (κ2) is 9.19. The number of fused-ring (bicyclic) bond motifs is 1. The molecule has 0 radical (unpaired) electrons. The summed E-state index contributed by atoms with van der Waals surface area (Å²) in [5.41, 5.74) is 0.468. The number of nitrogens with zero attached hydrogens (tertiary/aromatic N) is 2. The summed E-state index contributed by atoms with van der Waals surface area (Å²) in [6.45, 7) is 4.81. The number of aromatic amines is 1. The molecular weight excluding hydrogens is 397 g/mol. The number of halogens is 3. The molecular formula is C13H20Cl3N5O2S. The first-order chi connectivity index (χ1) is 10.6. The van der Waals surface area contributed by atoms with Crippen molar-refractivity contribution < 1.29 is 8.42 Å². The van der Waals surface area contributed by atoms with Crippen molar-refractivity contribution in [1.29, 1.82) is 0 Å². The van der Waals surface area contributed by atoms with Gasteiger partial charge in [0.2, 0.25) is 10.0 Å². The summed E-state index contributed by atoms with van der Waals surface area (Å²) in [4.78, 5) is 9.29. The van der Waals surface area contributed by atoms with Crippen LogP contribution in [0.3, 0.4) is 0 Å². The molecule has 0 bridgehead atoms. The molecule has 0 spiro atoms. The lowest BCUT2D eigenvalue weighted by Gasteiger charge is -2.27. The van der Waals surface area contributed by atoms with Crippen LogP contribution >= 0.6 is 36.4 Å². The van der Waals surface area contributed by atoms with E-state index in [1.165, 1.54) is 12.4 Å². The number of sulfonamides is 1. The Kier molecular flexibility index (Phi) is 8.21. The Morgan fingerprint density at radius 2 is 2.00 bits per heavy atom. The van der Waals surface area contributed by atoms with Crippen LogP contribution in [0.5, 0.6) is 0 Å². The lowest BCUT2D eigenvalue weighted by Crippen LogP contribution is -2.46. The van der Waals surface area contributed by atoms with Crippen molar-refractivity contribution in [3.8, 4) is 0 Å². The summed E-state index contributed by atoms with van der Waals surface area (Å²) < 4.78 is 27.5. The van der Waals surface area contributed by atoms with Gasteiger partial charge in [0.15, 0.2) is 0 Å². The van der Waals surface area contributed by atoms with Crippen LogP contribution in [-0.4, -0.2) is 62.6 Å². The predicted molar refractivity (Wildman–Crippen MR) is 100 cm³/mol. The van der Waals surface area contributed by atoms with Gasteiger partial charge in [-0.05, 0) is 6.07 Å². The Labute approximate surface area is 158 Å². The largest absolute Gasteiger partial charge is 0.345 e. The highest BCUT2D eigenvalue weighted by atomic mass is 35.5. The van der Waals surface area contributed by atoms with Crippen molar-refractivity contribution in [2.24, 2.45) is 0 Å². The third-order valence-electron chi connectivity index (χ3n) is 3.71. The Morgan fingerprint density at radius 3 is 2.71 bits per heavy atom. The van der Waals surface area contributed by atoms with Crippen molar-refractivity contribution in [1.82, 2.24) is 24.9 Å². The average Bonchev–Trinajstić information content (AvgIpc) is 2.94. The minimum Gasteiger partial charge on any atom is -0.345 e. The summed E-state index contributed by atoms with van der Waals surface area (Å²) in [6.07, 6.45) is 2.96. The van der Waals surface area contributed by atoms with Crippen LogP contribution in [0.15, 0.2) is 23.4 Å². The number of pyridine rings is 1. The molecule has 3 heterocycles. The van der Waals surface area contributed by atoms with E-state index < -0.39 is 10.0 Å². The summed E-state index contributed by atoms with van der Waals surface area (Å²) in [5.74, 6) is 0. The summed E-state index contributed by atoms with van der Waals surface area (Å²) >= 11 is 6.10. The molecule has 0 amide bonds. The van der Waals surface area contributed by atoms with Gasteiger partial charge in [0.05, 0.1) is 10.4 Å². The van der Waals surface area contributed by atoms with E-state index in [2.05, 4.69) is 24.9 Å². The van der Waals surface area contributed by atoms with E-state index in [1.54, 1.807) is 6.07 Å². The topological polar surface area (TPSA) is 90.1 Å². The minimum atomic E-state index is -3.61. The Balaban J connectivity index is 0.00000144. The zero-order chi connectivity index (χ0) is 15.6. The third-order valence-corrected chi connectivity index (χ3v) is 5.51. The zero-order valence-corrected chi connectivity index (χ0v) is 16.0. The molecule has 1 saturated heterocycles. The smallest absolute Gasteiger partial charge is 0.242 e. The van der Waals surface area contributed by atoms with E-state index in [0.29, 0.717) is 29.1 Å². The maximum Gasteiger partial charge on any atom is 0.242 e. The number of piperazine rings is 1. The quantitative estimate of drug-likeness (QED) is 0.682. The number of rotatable bonds is 5. The van der Waals surface area contributed by atoms with Crippen LogP contribution < -0.4 is 10.0 Å². The maximum atomic E-state index is 12.5. The van der Waals surface area contributed by atoms with Crippen molar-refractivity contribution in [3.63, 3.8) is 0 Å². The molecule has 24 heavy (non-hydrogen) atoms. The molecule has 1 aliphatic heterocycles. The molecule has 1 fully saturated rings. The van der Waals surface area contributed by atoms with E-state index in [-0.39, 0.29) is 29.7 Å². The fourth-order valence-electron chi connectivity index (χ4n) is 2.55. The van der Waals surface area contributed by atoms with Crippen molar-refractivity contribution >= 4 is 57.5 Å². The molecule has 0 aromatic carbocycles. The summed E-state index contributed by atoms with van der Waals surface area (Å²) in [6, 6.07) is 1.58. The lowest BCUT2D eigenvalue weighted by molar-refractivity contribution is 0.245. The van der Waals surface area contributed by atoms with E-state index >= 15 is 0 Å². The second-order valence-electron chi connectivity index (χ2n) is 5.16. The Morgan fingerprint density at radius 1 is 1.29 bits per heavy atom. The third kappa shape index (κ3) is 4.72. The van der Waals surface area contributed by atoms with Crippen LogP contribution in [0.4, 0.5) is 0 Å². The van der Waals surface area contributed by atoms with Crippen LogP contribution in [0.1, 0.15) is 0 Å². The maximum absolute atomic E-state index is 12.5. The average molecular weight is 417 g/mol. The second-order valence-corrected chi connectivity index (χ2v) is 7.30. The summed E-state index contributed by atoms with van der Waals surface area (Å²) in [5, 5.41) is 4.06. The van der Waals surface area contributed by atoms with Crippen molar-refractivity contribution in [2.75, 3.05) is 39.3 Å². The molecule has 11 heteroatoms. The van der Waals surface area contributed by atoms with Gasteiger partial charge in [-0.3, -0.25) is 4.90 Å². The minimum absolute atomic E-state index is 0. The van der Waals surface area contributed by atoms with E-state index in [9.17, 15) is 8.42 Å². The first kappa shape index (κ1) is 21.4. The standard InChI is InChI=1S/C13H18ClN5O2S.2ClH/c14-10-1-2-16-13-12(10)11(9-17-13)22(20,21)18-5-8-19-6-3-15-4-7-19;;/h1-2,9,15,18H,3-8H2,(H,16,17);2*1H. The number of aromatic nitrogens is 2. The number of hydrogen-bond donors (Lipinski definition) is 3. The highest BCUT2D eigenvalue weighted by Gasteiger charge is 2.21. The van der Waals surface area contributed by atoms with Gasteiger partial charge in [0.1, 0.15) is 10.5 Å². The Hall–Kier alpha value is -0.610.